The first-order valence-electron chi connectivity index (χ1n) is 9.53. The Kier molecular flexibility index (Phi) is 5.11. The van der Waals surface area contributed by atoms with Crippen LogP contribution in [0, 0.1) is 0 Å². The summed E-state index contributed by atoms with van der Waals surface area (Å²) < 4.78 is 41.0. The number of amides is 3. The Balaban J connectivity index is 1.58. The molecule has 2 aromatic heterocycles. The lowest BCUT2D eigenvalue weighted by atomic mass is 10.0. The number of aromatic nitrogens is 3. The number of benzene rings is 1. The van der Waals surface area contributed by atoms with E-state index in [0.29, 0.717) is 11.5 Å². The second-order valence-corrected chi connectivity index (χ2v) is 7.60. The molecule has 0 unspecified atom stereocenters. The van der Waals surface area contributed by atoms with Gasteiger partial charge in [-0.05, 0) is 55.8 Å². The Morgan fingerprint density at radius 1 is 1.06 bits per heavy atom. The van der Waals surface area contributed by atoms with E-state index in [2.05, 4.69) is 19.7 Å². The number of ether oxygens (including phenoxy) is 1. The number of imidazole rings is 1. The number of imide groups is 1. The molecule has 3 aromatic rings. The molecule has 1 fully saturated rings. The topological polar surface area (TPSA) is 91.4 Å². The van der Waals surface area contributed by atoms with E-state index in [0.717, 1.165) is 22.6 Å². The monoisotopic (exact) mass is 445 g/mol. The fourth-order valence-corrected chi connectivity index (χ4v) is 3.42. The number of hydrogen-bond acceptors (Lipinski definition) is 5. The molecule has 0 atom stereocenters. The highest BCUT2D eigenvalue weighted by Crippen LogP contribution is 2.34. The summed E-state index contributed by atoms with van der Waals surface area (Å²) in [5.74, 6) is -0.372. The molecule has 166 valence electrons. The Morgan fingerprint density at radius 3 is 2.41 bits per heavy atom. The third-order valence-electron chi connectivity index (χ3n) is 5.06. The number of anilines is 1. The molecule has 1 aromatic carbocycles. The number of pyridine rings is 1. The number of alkyl halides is 3. The van der Waals surface area contributed by atoms with Gasteiger partial charge in [-0.1, -0.05) is 0 Å². The van der Waals surface area contributed by atoms with Gasteiger partial charge >= 0.3 is 12.4 Å². The lowest BCUT2D eigenvalue weighted by Gasteiger charge is -2.27. The molecular formula is C21H18F3N5O3. The quantitative estimate of drug-likeness (QED) is 0.597. The summed E-state index contributed by atoms with van der Waals surface area (Å²) in [4.78, 5) is 39.9. The van der Waals surface area contributed by atoms with Crippen LogP contribution in [0.15, 0.2) is 55.0 Å². The van der Waals surface area contributed by atoms with Crippen molar-refractivity contribution < 1.29 is 27.5 Å². The molecule has 0 aliphatic carbocycles. The minimum atomic E-state index is -4.83. The second kappa shape index (κ2) is 7.66. The van der Waals surface area contributed by atoms with Gasteiger partial charge in [0.05, 0.1) is 5.69 Å². The fourth-order valence-electron chi connectivity index (χ4n) is 3.42. The van der Waals surface area contributed by atoms with E-state index >= 15 is 0 Å². The summed E-state index contributed by atoms with van der Waals surface area (Å²) in [6.07, 6.45) is 0.00898. The summed E-state index contributed by atoms with van der Waals surface area (Å²) in [6.45, 7) is 3.35. The van der Waals surface area contributed by atoms with Crippen molar-refractivity contribution in [3.8, 4) is 17.3 Å². The highest BCUT2D eigenvalue weighted by Gasteiger charge is 2.51. The molecule has 0 spiro atoms. The Bertz CT molecular complexity index is 1140. The van der Waals surface area contributed by atoms with Crippen molar-refractivity contribution in [2.75, 3.05) is 4.90 Å². The van der Waals surface area contributed by atoms with Crippen molar-refractivity contribution >= 4 is 17.6 Å². The van der Waals surface area contributed by atoms with Crippen molar-refractivity contribution in [2.24, 2.45) is 0 Å². The van der Waals surface area contributed by atoms with E-state index in [1.807, 2.05) is 0 Å². The molecule has 1 aliphatic rings. The van der Waals surface area contributed by atoms with Crippen LogP contribution in [0.4, 0.5) is 23.7 Å². The smallest absolute Gasteiger partial charge is 0.406 e. The molecule has 4 rings (SSSR count). The number of rotatable bonds is 5. The zero-order valence-corrected chi connectivity index (χ0v) is 17.1. The largest absolute Gasteiger partial charge is 0.573 e. The zero-order chi connectivity index (χ0) is 23.1. The minimum absolute atomic E-state index is 0.125. The van der Waals surface area contributed by atoms with Crippen LogP contribution in [-0.4, -0.2) is 43.7 Å². The normalized spacial score (nSPS) is 16.0. The van der Waals surface area contributed by atoms with E-state index in [1.165, 1.54) is 17.0 Å². The van der Waals surface area contributed by atoms with Crippen molar-refractivity contribution in [3.63, 3.8) is 0 Å². The molecule has 1 N–H and O–H groups in total. The van der Waals surface area contributed by atoms with Crippen molar-refractivity contribution in [2.45, 2.75) is 32.3 Å². The number of urea groups is 1. The Morgan fingerprint density at radius 2 is 1.78 bits per heavy atom. The SMILES string of the molecule is CC1(C)C(=O)N(c2ccc(OC(F)(F)F)cc2)C(=O)N1Cc1ccnc(-c2ncc[nH]2)c1. The van der Waals surface area contributed by atoms with Gasteiger partial charge in [-0.25, -0.2) is 14.7 Å². The van der Waals surface area contributed by atoms with E-state index in [9.17, 15) is 22.8 Å². The molecule has 0 bridgehead atoms. The van der Waals surface area contributed by atoms with Gasteiger partial charge < -0.3 is 14.6 Å². The maximum absolute atomic E-state index is 13.1. The van der Waals surface area contributed by atoms with Crippen LogP contribution in [-0.2, 0) is 11.3 Å². The van der Waals surface area contributed by atoms with Crippen LogP contribution in [0.1, 0.15) is 19.4 Å². The summed E-state index contributed by atoms with van der Waals surface area (Å²) >= 11 is 0. The highest BCUT2D eigenvalue weighted by atomic mass is 19.4. The first-order chi connectivity index (χ1) is 15.1. The number of H-pyrrole nitrogens is 1. The molecule has 8 nitrogen and oxygen atoms in total. The average molecular weight is 445 g/mol. The van der Waals surface area contributed by atoms with Crippen LogP contribution < -0.4 is 9.64 Å². The summed E-state index contributed by atoms with van der Waals surface area (Å²) in [7, 11) is 0. The fraction of sp³-hybridized carbons (Fsp3) is 0.238. The number of nitrogens with one attached hydrogen (secondary N) is 1. The molecule has 11 heteroatoms. The van der Waals surface area contributed by atoms with Crippen LogP contribution in [0.3, 0.4) is 0 Å². The number of nitrogens with zero attached hydrogens (tertiary/aromatic N) is 4. The van der Waals surface area contributed by atoms with Crippen LogP contribution >= 0.6 is 0 Å². The standard InChI is InChI=1S/C21H18F3N5O3/c1-20(2)18(30)29(14-3-5-15(6-4-14)32-21(22,23)24)19(31)28(20)12-13-7-8-25-16(11-13)17-26-9-10-27-17/h3-11H,12H2,1-2H3,(H,26,27). The van der Waals surface area contributed by atoms with Crippen molar-refractivity contribution in [3.05, 3.63) is 60.6 Å². The third-order valence-corrected chi connectivity index (χ3v) is 5.06. The van der Waals surface area contributed by atoms with Crippen molar-refractivity contribution in [1.29, 1.82) is 0 Å². The lowest BCUT2D eigenvalue weighted by Crippen LogP contribution is -2.43. The average Bonchev–Trinajstić information content (AvgIpc) is 3.31. The van der Waals surface area contributed by atoms with Gasteiger partial charge in [0.15, 0.2) is 5.82 Å². The van der Waals surface area contributed by atoms with Gasteiger partial charge in [0, 0.05) is 25.1 Å². The minimum Gasteiger partial charge on any atom is -0.406 e. The predicted molar refractivity (Wildman–Crippen MR) is 107 cm³/mol. The zero-order valence-electron chi connectivity index (χ0n) is 17.1. The lowest BCUT2D eigenvalue weighted by molar-refractivity contribution is -0.274. The molecule has 3 amide bonds. The summed E-state index contributed by atoms with van der Waals surface area (Å²) in [5.41, 5.74) is 0.291. The first-order valence-corrected chi connectivity index (χ1v) is 9.53. The van der Waals surface area contributed by atoms with Gasteiger partial charge in [-0.15, -0.1) is 13.2 Å². The number of hydrogen-bond donors (Lipinski definition) is 1. The van der Waals surface area contributed by atoms with Crippen LogP contribution in [0.25, 0.3) is 11.5 Å². The number of halogens is 3. The van der Waals surface area contributed by atoms with Gasteiger partial charge in [-0.2, -0.15) is 0 Å². The number of aromatic amines is 1. The molecule has 0 radical (unpaired) electrons. The Labute approximate surface area is 180 Å². The van der Waals surface area contributed by atoms with Gasteiger partial charge in [0.1, 0.15) is 17.0 Å². The third kappa shape index (κ3) is 4.01. The maximum atomic E-state index is 13.1. The van der Waals surface area contributed by atoms with E-state index < -0.39 is 29.6 Å². The summed E-state index contributed by atoms with van der Waals surface area (Å²) in [6, 6.07) is 7.48. The molecule has 1 saturated heterocycles. The van der Waals surface area contributed by atoms with Crippen molar-refractivity contribution in [1.82, 2.24) is 19.9 Å². The molecule has 1 aliphatic heterocycles. The van der Waals surface area contributed by atoms with E-state index in [4.69, 9.17) is 0 Å². The number of carbonyl (C=O) groups excluding carboxylic acids is 2. The first kappa shape index (κ1) is 21.3. The number of carbonyl (C=O) groups is 2. The van der Waals surface area contributed by atoms with Crippen LogP contribution in [0.2, 0.25) is 0 Å². The van der Waals surface area contributed by atoms with Gasteiger partial charge in [0.25, 0.3) is 5.91 Å². The molecule has 3 heterocycles. The molecule has 0 saturated carbocycles. The molecular weight excluding hydrogens is 427 g/mol. The maximum Gasteiger partial charge on any atom is 0.573 e. The van der Waals surface area contributed by atoms with Crippen LogP contribution in [0.5, 0.6) is 5.75 Å². The molecule has 32 heavy (non-hydrogen) atoms. The van der Waals surface area contributed by atoms with Gasteiger partial charge in [0.2, 0.25) is 0 Å². The predicted octanol–water partition coefficient (Wildman–Crippen LogP) is 4.12. The summed E-state index contributed by atoms with van der Waals surface area (Å²) in [5, 5.41) is 0. The Hall–Kier alpha value is -3.89. The van der Waals surface area contributed by atoms with E-state index in [1.54, 1.807) is 44.6 Å². The van der Waals surface area contributed by atoms with E-state index in [-0.39, 0.29) is 12.2 Å². The highest BCUT2D eigenvalue weighted by molar-refractivity contribution is 6.22. The van der Waals surface area contributed by atoms with Gasteiger partial charge in [-0.3, -0.25) is 9.78 Å². The second-order valence-electron chi connectivity index (χ2n) is 7.60.